The van der Waals surface area contributed by atoms with Gasteiger partial charge >= 0.3 is 0 Å². The SMILES string of the molecule is CCCC(=O)N1CCN(c2ccc(Cl)cc2NC(=O)c2ccccc2OC)CC1. The normalized spacial score (nSPS) is 13.9. The Hall–Kier alpha value is -2.73. The number of benzene rings is 2. The van der Waals surface area contributed by atoms with Gasteiger partial charge in [0.1, 0.15) is 5.75 Å². The van der Waals surface area contributed by atoms with Crippen LogP contribution in [-0.2, 0) is 4.79 Å². The molecule has 0 unspecified atom stereocenters. The van der Waals surface area contributed by atoms with E-state index >= 15 is 0 Å². The van der Waals surface area contributed by atoms with Crippen molar-refractivity contribution in [2.24, 2.45) is 0 Å². The maximum absolute atomic E-state index is 12.8. The molecule has 154 valence electrons. The number of hydrogen-bond acceptors (Lipinski definition) is 4. The first-order valence-corrected chi connectivity index (χ1v) is 10.2. The topological polar surface area (TPSA) is 61.9 Å². The summed E-state index contributed by atoms with van der Waals surface area (Å²) in [6.45, 7) is 4.75. The van der Waals surface area contributed by atoms with Crippen LogP contribution in [0.25, 0.3) is 0 Å². The predicted molar refractivity (Wildman–Crippen MR) is 116 cm³/mol. The third-order valence-electron chi connectivity index (χ3n) is 5.00. The molecule has 2 aromatic carbocycles. The van der Waals surface area contributed by atoms with Crippen LogP contribution < -0.4 is 15.0 Å². The number of anilines is 2. The van der Waals surface area contributed by atoms with Crippen molar-refractivity contribution in [2.45, 2.75) is 19.8 Å². The summed E-state index contributed by atoms with van der Waals surface area (Å²) >= 11 is 6.20. The molecule has 0 spiro atoms. The molecule has 1 aliphatic heterocycles. The first-order chi connectivity index (χ1) is 14.0. The smallest absolute Gasteiger partial charge is 0.259 e. The third-order valence-corrected chi connectivity index (χ3v) is 5.23. The van der Waals surface area contributed by atoms with Gasteiger partial charge in [0.25, 0.3) is 5.91 Å². The first kappa shape index (κ1) is 21.0. The highest BCUT2D eigenvalue weighted by atomic mass is 35.5. The highest BCUT2D eigenvalue weighted by molar-refractivity contribution is 6.31. The minimum absolute atomic E-state index is 0.202. The Kier molecular flexibility index (Phi) is 6.99. The van der Waals surface area contributed by atoms with E-state index in [1.54, 1.807) is 24.3 Å². The summed E-state index contributed by atoms with van der Waals surface area (Å²) in [5, 5.41) is 3.51. The number of methoxy groups -OCH3 is 1. The second-order valence-corrected chi connectivity index (χ2v) is 7.37. The molecule has 1 fully saturated rings. The maximum Gasteiger partial charge on any atom is 0.259 e. The third kappa shape index (κ3) is 5.01. The lowest BCUT2D eigenvalue weighted by atomic mass is 10.1. The summed E-state index contributed by atoms with van der Waals surface area (Å²) in [6.07, 6.45) is 1.44. The molecule has 3 rings (SSSR count). The summed E-state index contributed by atoms with van der Waals surface area (Å²) in [5.41, 5.74) is 1.98. The zero-order valence-corrected chi connectivity index (χ0v) is 17.5. The van der Waals surface area contributed by atoms with E-state index in [-0.39, 0.29) is 11.8 Å². The molecule has 0 radical (unpaired) electrons. The van der Waals surface area contributed by atoms with Crippen molar-refractivity contribution in [3.8, 4) is 5.75 Å². The molecule has 7 heteroatoms. The molecule has 29 heavy (non-hydrogen) atoms. The van der Waals surface area contributed by atoms with Gasteiger partial charge in [0.15, 0.2) is 0 Å². The number of para-hydroxylation sites is 1. The van der Waals surface area contributed by atoms with Gasteiger partial charge in [-0.2, -0.15) is 0 Å². The lowest BCUT2D eigenvalue weighted by molar-refractivity contribution is -0.131. The Morgan fingerprint density at radius 2 is 1.83 bits per heavy atom. The standard InChI is InChI=1S/C22H26ClN3O3/c1-3-6-21(27)26-13-11-25(12-14-26)19-10-9-16(23)15-18(19)24-22(28)17-7-4-5-8-20(17)29-2/h4-5,7-10,15H,3,6,11-14H2,1-2H3,(H,24,28). The Bertz CT molecular complexity index is 879. The van der Waals surface area contributed by atoms with Gasteiger partial charge in [-0.3, -0.25) is 9.59 Å². The van der Waals surface area contributed by atoms with Crippen LogP contribution in [0.4, 0.5) is 11.4 Å². The minimum atomic E-state index is -0.261. The largest absolute Gasteiger partial charge is 0.496 e. The van der Waals surface area contributed by atoms with Gasteiger partial charge in [-0.05, 0) is 36.8 Å². The molecule has 1 N–H and O–H groups in total. The zero-order valence-electron chi connectivity index (χ0n) is 16.8. The second-order valence-electron chi connectivity index (χ2n) is 6.93. The van der Waals surface area contributed by atoms with E-state index in [4.69, 9.17) is 16.3 Å². The number of nitrogens with one attached hydrogen (secondary N) is 1. The van der Waals surface area contributed by atoms with E-state index in [1.165, 1.54) is 7.11 Å². The molecule has 2 amide bonds. The molecular formula is C22H26ClN3O3. The molecule has 0 bridgehead atoms. The van der Waals surface area contributed by atoms with E-state index < -0.39 is 0 Å². The molecule has 0 saturated carbocycles. The van der Waals surface area contributed by atoms with Crippen LogP contribution in [-0.4, -0.2) is 50.0 Å². The van der Waals surface area contributed by atoms with Gasteiger partial charge in [-0.25, -0.2) is 0 Å². The van der Waals surface area contributed by atoms with Crippen LogP contribution in [0.2, 0.25) is 5.02 Å². The van der Waals surface area contributed by atoms with Crippen LogP contribution in [0.3, 0.4) is 0 Å². The average Bonchev–Trinajstić information content (AvgIpc) is 2.74. The van der Waals surface area contributed by atoms with Crippen LogP contribution >= 0.6 is 11.6 Å². The molecule has 0 aliphatic carbocycles. The van der Waals surface area contributed by atoms with Gasteiger partial charge in [-0.1, -0.05) is 30.7 Å². The van der Waals surface area contributed by atoms with E-state index in [0.29, 0.717) is 54.6 Å². The monoisotopic (exact) mass is 415 g/mol. The van der Waals surface area contributed by atoms with Crippen LogP contribution in [0, 0.1) is 0 Å². The highest BCUT2D eigenvalue weighted by Gasteiger charge is 2.23. The zero-order chi connectivity index (χ0) is 20.8. The lowest BCUT2D eigenvalue weighted by Gasteiger charge is -2.37. The molecule has 1 aliphatic rings. The number of hydrogen-bond donors (Lipinski definition) is 1. The van der Waals surface area contributed by atoms with Gasteiger partial charge < -0.3 is 19.9 Å². The Balaban J connectivity index is 1.77. The first-order valence-electron chi connectivity index (χ1n) is 9.80. The Morgan fingerprint density at radius 1 is 1.10 bits per heavy atom. The summed E-state index contributed by atoms with van der Waals surface area (Å²) in [7, 11) is 1.54. The van der Waals surface area contributed by atoms with Gasteiger partial charge in [-0.15, -0.1) is 0 Å². The molecular weight excluding hydrogens is 390 g/mol. The molecule has 1 heterocycles. The fourth-order valence-electron chi connectivity index (χ4n) is 3.47. The number of carbonyl (C=O) groups is 2. The van der Waals surface area contributed by atoms with Crippen molar-refractivity contribution < 1.29 is 14.3 Å². The van der Waals surface area contributed by atoms with Crippen molar-refractivity contribution in [3.05, 3.63) is 53.1 Å². The van der Waals surface area contributed by atoms with Crippen molar-refractivity contribution in [2.75, 3.05) is 43.5 Å². The minimum Gasteiger partial charge on any atom is -0.496 e. The number of amides is 2. The highest BCUT2D eigenvalue weighted by Crippen LogP contribution is 2.31. The maximum atomic E-state index is 12.8. The van der Waals surface area contributed by atoms with Gasteiger partial charge in [0.05, 0.1) is 24.0 Å². The van der Waals surface area contributed by atoms with Crippen molar-refractivity contribution in [1.82, 2.24) is 4.90 Å². The van der Waals surface area contributed by atoms with Crippen molar-refractivity contribution in [1.29, 1.82) is 0 Å². The predicted octanol–water partition coefficient (Wildman–Crippen LogP) is 4.05. The van der Waals surface area contributed by atoms with E-state index in [9.17, 15) is 9.59 Å². The molecule has 0 atom stereocenters. The fraction of sp³-hybridized carbons (Fsp3) is 0.364. The average molecular weight is 416 g/mol. The summed E-state index contributed by atoms with van der Waals surface area (Å²) in [5.74, 6) is 0.451. The van der Waals surface area contributed by atoms with Crippen molar-refractivity contribution >= 4 is 34.8 Å². The van der Waals surface area contributed by atoms with E-state index in [0.717, 1.165) is 12.1 Å². The number of rotatable bonds is 6. The summed E-state index contributed by atoms with van der Waals surface area (Å²) < 4.78 is 5.29. The Morgan fingerprint density at radius 3 is 2.52 bits per heavy atom. The van der Waals surface area contributed by atoms with Crippen LogP contribution in [0.15, 0.2) is 42.5 Å². The number of ether oxygens (including phenoxy) is 1. The number of nitrogens with zero attached hydrogens (tertiary/aromatic N) is 2. The number of halogens is 1. The Labute approximate surface area is 176 Å². The van der Waals surface area contributed by atoms with Crippen molar-refractivity contribution in [3.63, 3.8) is 0 Å². The summed E-state index contributed by atoms with van der Waals surface area (Å²) in [4.78, 5) is 29.1. The quantitative estimate of drug-likeness (QED) is 0.773. The van der Waals surface area contributed by atoms with Crippen LogP contribution in [0.1, 0.15) is 30.1 Å². The van der Waals surface area contributed by atoms with Gasteiger partial charge in [0.2, 0.25) is 5.91 Å². The van der Waals surface area contributed by atoms with Crippen LogP contribution in [0.5, 0.6) is 5.75 Å². The molecule has 1 saturated heterocycles. The molecule has 2 aromatic rings. The fourth-order valence-corrected chi connectivity index (χ4v) is 3.65. The van der Waals surface area contributed by atoms with E-state index in [2.05, 4.69) is 10.2 Å². The second kappa shape index (κ2) is 9.65. The number of piperazine rings is 1. The lowest BCUT2D eigenvalue weighted by Crippen LogP contribution is -2.48. The van der Waals surface area contributed by atoms with Gasteiger partial charge in [0, 0.05) is 37.6 Å². The van der Waals surface area contributed by atoms with E-state index in [1.807, 2.05) is 30.0 Å². The summed E-state index contributed by atoms with van der Waals surface area (Å²) in [6, 6.07) is 12.5. The molecule has 6 nitrogen and oxygen atoms in total. The molecule has 0 aromatic heterocycles. The number of carbonyl (C=O) groups excluding carboxylic acids is 2.